The van der Waals surface area contributed by atoms with Crippen LogP contribution in [0.25, 0.3) is 0 Å². The van der Waals surface area contributed by atoms with Crippen molar-refractivity contribution in [2.24, 2.45) is 0 Å². The van der Waals surface area contributed by atoms with Gasteiger partial charge >= 0.3 is 0 Å². The zero-order valence-electron chi connectivity index (χ0n) is 15.4. The van der Waals surface area contributed by atoms with E-state index in [0.717, 1.165) is 0 Å². The van der Waals surface area contributed by atoms with Crippen LogP contribution in [-0.4, -0.2) is 9.97 Å². The predicted molar refractivity (Wildman–Crippen MR) is 111 cm³/mol. The summed E-state index contributed by atoms with van der Waals surface area (Å²) >= 11 is 5.21. The van der Waals surface area contributed by atoms with Gasteiger partial charge in [-0.05, 0) is 23.3 Å². The van der Waals surface area contributed by atoms with E-state index in [9.17, 15) is 0 Å². The van der Waals surface area contributed by atoms with Crippen LogP contribution < -0.4 is 0 Å². The maximum atomic E-state index is 4.13. The number of nitrogens with zero attached hydrogens (tertiary/aromatic N) is 2. The second-order valence-corrected chi connectivity index (χ2v) is 8.89. The zero-order valence-corrected chi connectivity index (χ0v) is 17.8. The highest BCUT2D eigenvalue weighted by molar-refractivity contribution is 7.10. The van der Waals surface area contributed by atoms with Crippen LogP contribution in [0.2, 0.25) is 0 Å². The fraction of sp³-hybridized carbons (Fsp3) is 0.474. The molecule has 0 amide bonds. The van der Waals surface area contributed by atoms with E-state index >= 15 is 0 Å². The van der Waals surface area contributed by atoms with Crippen LogP contribution in [-0.2, 0) is 0 Å². The lowest BCUT2D eigenvalue weighted by molar-refractivity contribution is 0.833. The van der Waals surface area contributed by atoms with E-state index in [-0.39, 0.29) is 0 Å². The first-order valence-corrected chi connectivity index (χ1v) is 10.9. The molecule has 0 unspecified atom stereocenters. The minimum Gasteiger partial charge on any atom is -0.249 e. The van der Waals surface area contributed by atoms with Gasteiger partial charge in [0.2, 0.25) is 0 Å². The second-order valence-electron chi connectivity index (χ2n) is 6.26. The lowest BCUT2D eigenvalue weighted by Gasteiger charge is -1.95. The smallest absolute Gasteiger partial charge is 0.0950 e. The molecule has 0 aliphatic rings. The molecule has 3 heterocycles. The van der Waals surface area contributed by atoms with Crippen molar-refractivity contribution in [1.82, 2.24) is 9.97 Å². The summed E-state index contributed by atoms with van der Waals surface area (Å²) in [7, 11) is 0. The highest BCUT2D eigenvalue weighted by Gasteiger charge is 1.98. The van der Waals surface area contributed by atoms with Crippen LogP contribution in [0, 0.1) is 0 Å². The van der Waals surface area contributed by atoms with Crippen molar-refractivity contribution in [3.63, 3.8) is 0 Å². The molecule has 0 bridgehead atoms. The van der Waals surface area contributed by atoms with Crippen molar-refractivity contribution in [2.45, 2.75) is 59.3 Å². The number of hydrogen-bond donors (Lipinski definition) is 0. The average molecular weight is 381 g/mol. The van der Waals surface area contributed by atoms with E-state index in [1.165, 1.54) is 15.6 Å². The Morgan fingerprint density at radius 1 is 0.833 bits per heavy atom. The van der Waals surface area contributed by atoms with Crippen molar-refractivity contribution >= 4 is 34.0 Å². The molecule has 0 fully saturated rings. The third kappa shape index (κ3) is 8.18. The molecule has 3 aromatic heterocycles. The number of aromatic nitrogens is 2. The summed E-state index contributed by atoms with van der Waals surface area (Å²) in [6, 6.07) is 4.27. The summed E-state index contributed by atoms with van der Waals surface area (Å²) in [6.45, 7) is 13.0. The van der Waals surface area contributed by atoms with Crippen LogP contribution >= 0.6 is 34.0 Å². The van der Waals surface area contributed by atoms with Gasteiger partial charge in [-0.1, -0.05) is 47.6 Å². The van der Waals surface area contributed by atoms with Gasteiger partial charge in [0.25, 0.3) is 0 Å². The normalized spacial score (nSPS) is 10.4. The Balaban J connectivity index is 0.000000180. The molecule has 2 nitrogen and oxygen atoms in total. The van der Waals surface area contributed by atoms with E-state index in [0.29, 0.717) is 17.8 Å². The molecule has 24 heavy (non-hydrogen) atoms. The monoisotopic (exact) mass is 380 g/mol. The first kappa shape index (κ1) is 21.0. The van der Waals surface area contributed by atoms with Gasteiger partial charge in [0.05, 0.1) is 16.2 Å². The molecule has 0 aliphatic carbocycles. The molecule has 0 aromatic carbocycles. The van der Waals surface area contributed by atoms with Crippen molar-refractivity contribution in [1.29, 1.82) is 0 Å². The summed E-state index contributed by atoms with van der Waals surface area (Å²) in [6.07, 6.45) is 1.85. The van der Waals surface area contributed by atoms with Crippen molar-refractivity contribution < 1.29 is 0 Å². The summed E-state index contributed by atoms with van der Waals surface area (Å²) in [5.41, 5.74) is 3.07. The minimum absolute atomic E-state index is 0.584. The first-order chi connectivity index (χ1) is 11.4. The molecule has 0 spiro atoms. The first-order valence-electron chi connectivity index (χ1n) is 8.22. The molecule has 132 valence electrons. The minimum atomic E-state index is 0.584. The maximum Gasteiger partial charge on any atom is 0.0950 e. The Hall–Kier alpha value is -1.04. The van der Waals surface area contributed by atoms with Gasteiger partial charge in [-0.25, -0.2) is 9.97 Å². The summed E-state index contributed by atoms with van der Waals surface area (Å²) in [4.78, 5) is 9.75. The molecule has 0 radical (unpaired) electrons. The summed E-state index contributed by atoms with van der Waals surface area (Å²) < 4.78 is 0. The molecular weight excluding hydrogens is 352 g/mol. The van der Waals surface area contributed by atoms with Gasteiger partial charge in [0, 0.05) is 27.8 Å². The van der Waals surface area contributed by atoms with Gasteiger partial charge in [0.15, 0.2) is 0 Å². The van der Waals surface area contributed by atoms with Gasteiger partial charge < -0.3 is 0 Å². The van der Waals surface area contributed by atoms with Gasteiger partial charge in [-0.2, -0.15) is 0 Å². The Morgan fingerprint density at radius 2 is 1.58 bits per heavy atom. The largest absolute Gasteiger partial charge is 0.249 e. The molecule has 3 rings (SSSR count). The van der Waals surface area contributed by atoms with Gasteiger partial charge in [-0.15, -0.1) is 34.0 Å². The van der Waals surface area contributed by atoms with E-state index < -0.39 is 0 Å². The fourth-order valence-electron chi connectivity index (χ4n) is 1.65. The quantitative estimate of drug-likeness (QED) is 0.473. The molecular formula is C19H28N2S3. The lowest BCUT2D eigenvalue weighted by Crippen LogP contribution is -1.83. The third-order valence-corrected chi connectivity index (χ3v) is 5.95. The number of hydrogen-bond acceptors (Lipinski definition) is 5. The van der Waals surface area contributed by atoms with E-state index in [1.807, 2.05) is 28.4 Å². The third-order valence-electron chi connectivity index (χ3n) is 3.10. The maximum absolute atomic E-state index is 4.13. The molecule has 0 saturated carbocycles. The van der Waals surface area contributed by atoms with Crippen molar-refractivity contribution in [3.05, 3.63) is 55.6 Å². The van der Waals surface area contributed by atoms with E-state index in [2.05, 4.69) is 74.4 Å². The van der Waals surface area contributed by atoms with E-state index in [1.54, 1.807) is 22.7 Å². The lowest BCUT2D eigenvalue weighted by atomic mass is 10.2. The zero-order chi connectivity index (χ0) is 17.9. The molecule has 0 atom stereocenters. The Kier molecular flexibility index (Phi) is 10.1. The number of thiophene rings is 1. The van der Waals surface area contributed by atoms with Crippen LogP contribution in [0.4, 0.5) is 0 Å². The summed E-state index contributed by atoms with van der Waals surface area (Å²) in [5.74, 6) is 1.88. The fourth-order valence-corrected chi connectivity index (χ4v) is 3.76. The summed E-state index contributed by atoms with van der Waals surface area (Å²) in [5, 5.41) is 7.44. The SMILES string of the molecule is CC(C)c1cccs1.CC(C)c1cscn1.CC(C)c1nccs1. The number of thiazole rings is 2. The van der Waals surface area contributed by atoms with Crippen molar-refractivity contribution in [3.8, 4) is 0 Å². The topological polar surface area (TPSA) is 25.8 Å². The Morgan fingerprint density at radius 3 is 1.83 bits per heavy atom. The van der Waals surface area contributed by atoms with Gasteiger partial charge in [0.1, 0.15) is 0 Å². The van der Waals surface area contributed by atoms with Crippen LogP contribution in [0.5, 0.6) is 0 Å². The van der Waals surface area contributed by atoms with E-state index in [4.69, 9.17) is 0 Å². The molecule has 0 aliphatic heterocycles. The van der Waals surface area contributed by atoms with Crippen molar-refractivity contribution in [2.75, 3.05) is 0 Å². The molecule has 3 aromatic rings. The highest BCUT2D eigenvalue weighted by atomic mass is 32.1. The average Bonchev–Trinajstić information content (AvgIpc) is 3.29. The predicted octanol–water partition coefficient (Wildman–Crippen LogP) is 7.40. The Bertz CT molecular complexity index is 519. The van der Waals surface area contributed by atoms with Crippen LogP contribution in [0.3, 0.4) is 0 Å². The standard InChI is InChI=1S/C7H10S.2C6H9NS/c1-6(2)7-4-3-5-8-7;1-5(2)6-3-8-4-7-6;1-5(2)6-7-3-4-8-6/h3-6H,1-2H3;2*3-5H,1-2H3. The highest BCUT2D eigenvalue weighted by Crippen LogP contribution is 2.18. The molecule has 0 N–H and O–H groups in total. The molecule has 0 saturated heterocycles. The molecule has 5 heteroatoms. The van der Waals surface area contributed by atoms with Gasteiger partial charge in [-0.3, -0.25) is 0 Å². The Labute approximate surface area is 158 Å². The second kappa shape index (κ2) is 11.5. The van der Waals surface area contributed by atoms with Crippen LogP contribution in [0.1, 0.15) is 74.9 Å². The van der Waals surface area contributed by atoms with Crippen LogP contribution in [0.15, 0.2) is 40.0 Å². The number of rotatable bonds is 3.